The molecule has 0 radical (unpaired) electrons. The molecule has 0 spiro atoms. The fourth-order valence-electron chi connectivity index (χ4n) is 2.04. The van der Waals surface area contributed by atoms with Crippen LogP contribution in [0.25, 0.3) is 0 Å². The molecular weight excluding hydrogens is 234 g/mol. The molecule has 0 aromatic heterocycles. The molecule has 2 atom stereocenters. The Labute approximate surface area is 117 Å². The molecule has 0 unspecified atom stereocenters. The van der Waals surface area contributed by atoms with E-state index in [1.807, 2.05) is 13.8 Å². The molecule has 0 fully saturated rings. The van der Waals surface area contributed by atoms with Crippen LogP contribution in [-0.2, 0) is 11.2 Å². The van der Waals surface area contributed by atoms with Gasteiger partial charge in [-0.2, -0.15) is 0 Å². The Bertz CT molecular complexity index is 394. The third-order valence-corrected chi connectivity index (χ3v) is 3.52. The first-order chi connectivity index (χ1) is 8.93. The van der Waals surface area contributed by atoms with E-state index in [9.17, 15) is 4.79 Å². The van der Waals surface area contributed by atoms with Gasteiger partial charge in [-0.1, -0.05) is 45.0 Å². The van der Waals surface area contributed by atoms with Crippen LogP contribution in [0.1, 0.15) is 58.1 Å². The van der Waals surface area contributed by atoms with Crippen molar-refractivity contribution >= 4 is 5.91 Å². The lowest BCUT2D eigenvalue weighted by molar-refractivity contribution is -0.122. The molecule has 2 heteroatoms. The van der Waals surface area contributed by atoms with Gasteiger partial charge in [0.15, 0.2) is 0 Å². The Hall–Kier alpha value is -1.31. The standard InChI is InChI=1S/C17H27NO/c1-6-13(4)18-17(19)14(5)16-9-7-15(8-10-16)11-12(2)3/h7-10,12-14H,6,11H2,1-5H3,(H,18,19)/t13-,14+/m1/s1. The van der Waals surface area contributed by atoms with Crippen molar-refractivity contribution in [3.63, 3.8) is 0 Å². The molecule has 1 amide bonds. The van der Waals surface area contributed by atoms with Gasteiger partial charge in [0.1, 0.15) is 0 Å². The predicted molar refractivity (Wildman–Crippen MR) is 81.3 cm³/mol. The number of carbonyl (C=O) groups is 1. The number of hydrogen-bond donors (Lipinski definition) is 1. The van der Waals surface area contributed by atoms with Crippen molar-refractivity contribution in [2.75, 3.05) is 0 Å². The fraction of sp³-hybridized carbons (Fsp3) is 0.588. The van der Waals surface area contributed by atoms with Gasteiger partial charge in [-0.25, -0.2) is 0 Å². The summed E-state index contributed by atoms with van der Waals surface area (Å²) < 4.78 is 0. The van der Waals surface area contributed by atoms with Gasteiger partial charge in [-0.3, -0.25) is 4.79 Å². The highest BCUT2D eigenvalue weighted by Crippen LogP contribution is 2.18. The van der Waals surface area contributed by atoms with Gasteiger partial charge in [0.2, 0.25) is 5.91 Å². The summed E-state index contributed by atoms with van der Waals surface area (Å²) in [5.41, 5.74) is 2.43. The van der Waals surface area contributed by atoms with Crippen LogP contribution in [0.2, 0.25) is 0 Å². The molecule has 0 saturated heterocycles. The van der Waals surface area contributed by atoms with Gasteiger partial charge >= 0.3 is 0 Å². The SMILES string of the molecule is CC[C@@H](C)NC(=O)[C@@H](C)c1ccc(CC(C)C)cc1. The summed E-state index contributed by atoms with van der Waals surface area (Å²) in [5.74, 6) is 0.699. The molecule has 1 rings (SSSR count). The average molecular weight is 261 g/mol. The van der Waals surface area contributed by atoms with Gasteiger partial charge in [-0.15, -0.1) is 0 Å². The van der Waals surface area contributed by atoms with Crippen molar-refractivity contribution < 1.29 is 4.79 Å². The monoisotopic (exact) mass is 261 g/mol. The highest BCUT2D eigenvalue weighted by Gasteiger charge is 2.16. The predicted octanol–water partition coefficient (Wildman–Crippen LogP) is 3.90. The first-order valence-electron chi connectivity index (χ1n) is 7.33. The van der Waals surface area contributed by atoms with Crippen LogP contribution in [0, 0.1) is 5.92 Å². The fourth-order valence-corrected chi connectivity index (χ4v) is 2.04. The quantitative estimate of drug-likeness (QED) is 0.826. The summed E-state index contributed by atoms with van der Waals surface area (Å²) >= 11 is 0. The van der Waals surface area contributed by atoms with E-state index in [0.29, 0.717) is 5.92 Å². The molecule has 1 N–H and O–H groups in total. The lowest BCUT2D eigenvalue weighted by Gasteiger charge is -2.17. The summed E-state index contributed by atoms with van der Waals surface area (Å²) in [6.45, 7) is 10.5. The largest absolute Gasteiger partial charge is 0.353 e. The number of nitrogens with one attached hydrogen (secondary N) is 1. The molecule has 0 saturated carbocycles. The van der Waals surface area contributed by atoms with Gasteiger partial charge in [0.05, 0.1) is 5.92 Å². The third kappa shape index (κ3) is 5.06. The van der Waals surface area contributed by atoms with E-state index in [1.54, 1.807) is 0 Å². The Morgan fingerprint density at radius 1 is 1.11 bits per heavy atom. The first kappa shape index (κ1) is 15.7. The topological polar surface area (TPSA) is 29.1 Å². The number of hydrogen-bond acceptors (Lipinski definition) is 1. The zero-order valence-corrected chi connectivity index (χ0v) is 12.9. The number of carbonyl (C=O) groups excluding carboxylic acids is 1. The van der Waals surface area contributed by atoms with Gasteiger partial charge < -0.3 is 5.32 Å². The summed E-state index contributed by atoms with van der Waals surface area (Å²) in [5, 5.41) is 3.04. The van der Waals surface area contributed by atoms with Crippen molar-refractivity contribution in [3.05, 3.63) is 35.4 Å². The molecule has 0 aliphatic heterocycles. The second-order valence-electron chi connectivity index (χ2n) is 5.88. The average Bonchev–Trinajstić information content (AvgIpc) is 2.37. The molecule has 1 aromatic rings. The van der Waals surface area contributed by atoms with Crippen molar-refractivity contribution in [2.24, 2.45) is 5.92 Å². The molecule has 0 heterocycles. The van der Waals surface area contributed by atoms with Crippen LogP contribution in [0.5, 0.6) is 0 Å². The first-order valence-corrected chi connectivity index (χ1v) is 7.33. The van der Waals surface area contributed by atoms with E-state index in [2.05, 4.69) is 50.4 Å². The van der Waals surface area contributed by atoms with E-state index in [-0.39, 0.29) is 17.9 Å². The van der Waals surface area contributed by atoms with E-state index in [1.165, 1.54) is 5.56 Å². The maximum Gasteiger partial charge on any atom is 0.227 e. The molecule has 1 aromatic carbocycles. The van der Waals surface area contributed by atoms with Crippen LogP contribution >= 0.6 is 0 Å². The Morgan fingerprint density at radius 2 is 1.68 bits per heavy atom. The number of rotatable bonds is 6. The van der Waals surface area contributed by atoms with Crippen LogP contribution in [0.4, 0.5) is 0 Å². The third-order valence-electron chi connectivity index (χ3n) is 3.52. The Morgan fingerprint density at radius 3 is 2.16 bits per heavy atom. The zero-order valence-electron chi connectivity index (χ0n) is 12.9. The van der Waals surface area contributed by atoms with Crippen molar-refractivity contribution in [1.82, 2.24) is 5.32 Å². The zero-order chi connectivity index (χ0) is 14.4. The smallest absolute Gasteiger partial charge is 0.227 e. The molecule has 0 aliphatic carbocycles. The molecule has 0 bridgehead atoms. The van der Waals surface area contributed by atoms with Crippen LogP contribution < -0.4 is 5.32 Å². The van der Waals surface area contributed by atoms with Gasteiger partial charge in [0.25, 0.3) is 0 Å². The molecule has 2 nitrogen and oxygen atoms in total. The summed E-state index contributed by atoms with van der Waals surface area (Å²) in [7, 11) is 0. The normalized spacial score (nSPS) is 14.2. The lowest BCUT2D eigenvalue weighted by Crippen LogP contribution is -2.35. The van der Waals surface area contributed by atoms with Crippen molar-refractivity contribution in [1.29, 1.82) is 0 Å². The highest BCUT2D eigenvalue weighted by atomic mass is 16.1. The van der Waals surface area contributed by atoms with E-state index < -0.39 is 0 Å². The van der Waals surface area contributed by atoms with Gasteiger partial charge in [-0.05, 0) is 43.7 Å². The van der Waals surface area contributed by atoms with Crippen LogP contribution in [0.15, 0.2) is 24.3 Å². The molecule has 0 aliphatic rings. The summed E-state index contributed by atoms with van der Waals surface area (Å²) in [6.07, 6.45) is 2.06. The summed E-state index contributed by atoms with van der Waals surface area (Å²) in [6, 6.07) is 8.69. The lowest BCUT2D eigenvalue weighted by atomic mass is 9.96. The maximum atomic E-state index is 12.1. The number of amides is 1. The van der Waals surface area contributed by atoms with E-state index in [0.717, 1.165) is 18.4 Å². The van der Waals surface area contributed by atoms with E-state index in [4.69, 9.17) is 0 Å². The second-order valence-corrected chi connectivity index (χ2v) is 5.88. The molecular formula is C17H27NO. The Balaban J connectivity index is 2.66. The maximum absolute atomic E-state index is 12.1. The van der Waals surface area contributed by atoms with Crippen molar-refractivity contribution in [2.45, 2.75) is 59.4 Å². The number of benzene rings is 1. The van der Waals surface area contributed by atoms with Crippen LogP contribution in [0.3, 0.4) is 0 Å². The van der Waals surface area contributed by atoms with Gasteiger partial charge in [0, 0.05) is 6.04 Å². The Kier molecular flexibility index (Phi) is 6.07. The van der Waals surface area contributed by atoms with E-state index >= 15 is 0 Å². The minimum Gasteiger partial charge on any atom is -0.353 e. The highest BCUT2D eigenvalue weighted by molar-refractivity contribution is 5.83. The van der Waals surface area contributed by atoms with Crippen molar-refractivity contribution in [3.8, 4) is 0 Å². The molecule has 19 heavy (non-hydrogen) atoms. The molecule has 106 valence electrons. The van der Waals surface area contributed by atoms with Crippen LogP contribution in [-0.4, -0.2) is 11.9 Å². The minimum atomic E-state index is -0.0814. The minimum absolute atomic E-state index is 0.0814. The second kappa shape index (κ2) is 7.32. The summed E-state index contributed by atoms with van der Waals surface area (Å²) in [4.78, 5) is 12.1.